The van der Waals surface area contributed by atoms with Gasteiger partial charge in [-0.15, -0.1) is 5.10 Å². The first kappa shape index (κ1) is 20.9. The van der Waals surface area contributed by atoms with Crippen molar-refractivity contribution in [1.82, 2.24) is 19.1 Å². The zero-order valence-electron chi connectivity index (χ0n) is 16.8. The molecule has 1 aromatic heterocycles. The monoisotopic (exact) mass is 443 g/mol. The minimum atomic E-state index is -3.99. The molecular weight excluding hydrogens is 422 g/mol. The van der Waals surface area contributed by atoms with Gasteiger partial charge in [0.15, 0.2) is 5.82 Å². The first-order valence-corrected chi connectivity index (χ1v) is 11.3. The van der Waals surface area contributed by atoms with Gasteiger partial charge < -0.3 is 0 Å². The number of nitrogens with zero attached hydrogens (tertiary/aromatic N) is 4. The van der Waals surface area contributed by atoms with Crippen molar-refractivity contribution in [3.8, 4) is 11.4 Å². The number of aromatic nitrogens is 3. The summed E-state index contributed by atoms with van der Waals surface area (Å²) < 4.78 is 30.7. The van der Waals surface area contributed by atoms with Gasteiger partial charge in [-0.2, -0.15) is 0 Å². The molecule has 1 aliphatic carbocycles. The number of benzene rings is 2. The Morgan fingerprint density at radius 1 is 1.19 bits per heavy atom. The van der Waals surface area contributed by atoms with Crippen LogP contribution in [-0.4, -0.2) is 34.2 Å². The fourth-order valence-electron chi connectivity index (χ4n) is 3.37. The van der Waals surface area contributed by atoms with Gasteiger partial charge in [0.05, 0.1) is 16.4 Å². The van der Waals surface area contributed by atoms with E-state index in [-0.39, 0.29) is 35.4 Å². The summed E-state index contributed by atoms with van der Waals surface area (Å²) in [7, 11) is -3.99. The van der Waals surface area contributed by atoms with E-state index in [2.05, 4.69) is 9.82 Å². The van der Waals surface area contributed by atoms with Gasteiger partial charge >= 0.3 is 5.69 Å². The van der Waals surface area contributed by atoms with Gasteiger partial charge in [0.2, 0.25) is 10.0 Å². The van der Waals surface area contributed by atoms with Gasteiger partial charge in [0, 0.05) is 30.3 Å². The Kier molecular flexibility index (Phi) is 5.46. The van der Waals surface area contributed by atoms with Crippen molar-refractivity contribution < 1.29 is 13.3 Å². The van der Waals surface area contributed by atoms with E-state index in [1.807, 2.05) is 30.3 Å². The molecular formula is C20H21N5O5S. The normalized spacial score (nSPS) is 14.0. The van der Waals surface area contributed by atoms with Crippen LogP contribution < -0.4 is 10.4 Å². The molecule has 0 amide bonds. The Hall–Kier alpha value is -3.31. The molecule has 1 N–H and O–H groups in total. The zero-order valence-corrected chi connectivity index (χ0v) is 17.6. The lowest BCUT2D eigenvalue weighted by Crippen LogP contribution is -2.32. The average Bonchev–Trinajstić information content (AvgIpc) is 3.52. The van der Waals surface area contributed by atoms with Crippen LogP contribution in [0.3, 0.4) is 0 Å². The van der Waals surface area contributed by atoms with Crippen LogP contribution in [0.2, 0.25) is 0 Å². The van der Waals surface area contributed by atoms with Crippen molar-refractivity contribution >= 4 is 15.7 Å². The number of aryl methyl sites for hydroxylation is 1. The smallest absolute Gasteiger partial charge is 0.272 e. The molecule has 1 fully saturated rings. The summed E-state index contributed by atoms with van der Waals surface area (Å²) in [6, 6.07) is 13.1. The lowest BCUT2D eigenvalue weighted by molar-refractivity contribution is -0.385. The first-order valence-electron chi connectivity index (χ1n) is 9.77. The highest BCUT2D eigenvalue weighted by atomic mass is 32.2. The SMILES string of the molecule is Cc1ccc([N+](=O)[O-])cc1S(=O)(=O)NCCn1nc(-c2ccccc2)n(C2CC2)c1=O. The summed E-state index contributed by atoms with van der Waals surface area (Å²) in [6.07, 6.45) is 1.81. The van der Waals surface area contributed by atoms with E-state index < -0.39 is 14.9 Å². The molecule has 11 heteroatoms. The van der Waals surface area contributed by atoms with Crippen molar-refractivity contribution in [2.45, 2.75) is 37.2 Å². The van der Waals surface area contributed by atoms with E-state index in [1.54, 1.807) is 11.5 Å². The Balaban J connectivity index is 1.55. The highest BCUT2D eigenvalue weighted by molar-refractivity contribution is 7.89. The number of nitro benzene ring substituents is 1. The maximum absolute atomic E-state index is 12.9. The minimum absolute atomic E-state index is 0.0333. The van der Waals surface area contributed by atoms with Crippen molar-refractivity contribution in [2.24, 2.45) is 0 Å². The Morgan fingerprint density at radius 3 is 2.55 bits per heavy atom. The lowest BCUT2D eigenvalue weighted by Gasteiger charge is -2.09. The molecule has 0 unspecified atom stereocenters. The van der Waals surface area contributed by atoms with Crippen molar-refractivity contribution in [1.29, 1.82) is 0 Å². The van der Waals surface area contributed by atoms with E-state index in [1.165, 1.54) is 16.8 Å². The highest BCUT2D eigenvalue weighted by Crippen LogP contribution is 2.36. The Bertz CT molecular complexity index is 1290. The maximum atomic E-state index is 12.9. The molecule has 162 valence electrons. The van der Waals surface area contributed by atoms with Crippen LogP contribution in [0.5, 0.6) is 0 Å². The van der Waals surface area contributed by atoms with Crippen LogP contribution in [0.25, 0.3) is 11.4 Å². The molecule has 4 rings (SSSR count). The average molecular weight is 443 g/mol. The fourth-order valence-corrected chi connectivity index (χ4v) is 4.65. The summed E-state index contributed by atoms with van der Waals surface area (Å²) in [5.41, 5.74) is 0.614. The number of nitrogens with one attached hydrogen (secondary N) is 1. The van der Waals surface area contributed by atoms with Crippen LogP contribution in [0.4, 0.5) is 5.69 Å². The summed E-state index contributed by atoms with van der Waals surface area (Å²) in [5, 5.41) is 15.4. The van der Waals surface area contributed by atoms with E-state index in [0.29, 0.717) is 11.4 Å². The molecule has 1 heterocycles. The molecule has 0 bridgehead atoms. The quantitative estimate of drug-likeness (QED) is 0.420. The molecule has 31 heavy (non-hydrogen) atoms. The van der Waals surface area contributed by atoms with Gasteiger partial charge in [0.25, 0.3) is 5.69 Å². The van der Waals surface area contributed by atoms with E-state index in [4.69, 9.17) is 0 Å². The van der Waals surface area contributed by atoms with E-state index >= 15 is 0 Å². The second kappa shape index (κ2) is 8.08. The fraction of sp³-hybridized carbons (Fsp3) is 0.300. The molecule has 10 nitrogen and oxygen atoms in total. The standard InChI is InChI=1S/C20H21N5O5S/c1-14-7-8-17(25(27)28)13-18(14)31(29,30)21-11-12-23-20(26)24(16-9-10-16)19(22-23)15-5-3-2-4-6-15/h2-8,13,16,21H,9-12H2,1H3. The molecule has 0 radical (unpaired) electrons. The highest BCUT2D eigenvalue weighted by Gasteiger charge is 2.30. The number of hydrogen-bond acceptors (Lipinski definition) is 6. The largest absolute Gasteiger partial charge is 0.346 e. The number of non-ortho nitro benzene ring substituents is 1. The van der Waals surface area contributed by atoms with E-state index in [9.17, 15) is 23.3 Å². The molecule has 1 aliphatic rings. The number of hydrogen-bond donors (Lipinski definition) is 1. The van der Waals surface area contributed by atoms with Gasteiger partial charge in [0.1, 0.15) is 0 Å². The lowest BCUT2D eigenvalue weighted by atomic mass is 10.2. The van der Waals surface area contributed by atoms with Crippen LogP contribution in [0.1, 0.15) is 24.4 Å². The first-order chi connectivity index (χ1) is 14.8. The van der Waals surface area contributed by atoms with E-state index in [0.717, 1.165) is 24.5 Å². The Labute approximate surface area is 178 Å². The van der Waals surface area contributed by atoms with Crippen molar-refractivity contribution in [3.63, 3.8) is 0 Å². The minimum Gasteiger partial charge on any atom is -0.272 e. The third-order valence-corrected chi connectivity index (χ3v) is 6.71. The van der Waals surface area contributed by atoms with Crippen molar-refractivity contribution in [3.05, 3.63) is 74.7 Å². The third kappa shape index (κ3) is 4.28. The molecule has 1 saturated carbocycles. The summed E-state index contributed by atoms with van der Waals surface area (Å²) in [5.74, 6) is 0.561. The van der Waals surface area contributed by atoms with Gasteiger partial charge in [-0.3, -0.25) is 14.7 Å². The number of rotatable bonds is 8. The van der Waals surface area contributed by atoms with Crippen LogP contribution >= 0.6 is 0 Å². The van der Waals surface area contributed by atoms with Gasteiger partial charge in [-0.25, -0.2) is 22.6 Å². The summed E-state index contributed by atoms with van der Waals surface area (Å²) in [6.45, 7) is 1.51. The second-order valence-electron chi connectivity index (χ2n) is 7.40. The molecule has 3 aromatic rings. The Morgan fingerprint density at radius 2 is 1.90 bits per heavy atom. The number of nitro groups is 1. The van der Waals surface area contributed by atoms with Crippen molar-refractivity contribution in [2.75, 3.05) is 6.54 Å². The molecule has 0 saturated heterocycles. The predicted octanol–water partition coefficient (Wildman–Crippen LogP) is 2.24. The van der Waals surface area contributed by atoms with Crippen LogP contribution in [0.15, 0.2) is 58.2 Å². The number of sulfonamides is 1. The van der Waals surface area contributed by atoms with Crippen LogP contribution in [0, 0.1) is 17.0 Å². The topological polar surface area (TPSA) is 129 Å². The molecule has 0 spiro atoms. The summed E-state index contributed by atoms with van der Waals surface area (Å²) in [4.78, 5) is 23.0. The molecule has 0 atom stereocenters. The zero-order chi connectivity index (χ0) is 22.2. The second-order valence-corrected chi connectivity index (χ2v) is 9.14. The summed E-state index contributed by atoms with van der Waals surface area (Å²) >= 11 is 0. The van der Waals surface area contributed by atoms with Crippen LogP contribution in [-0.2, 0) is 16.6 Å². The molecule has 2 aromatic carbocycles. The maximum Gasteiger partial charge on any atom is 0.346 e. The predicted molar refractivity (Wildman–Crippen MR) is 113 cm³/mol. The third-order valence-electron chi connectivity index (χ3n) is 5.10. The van der Waals surface area contributed by atoms with Gasteiger partial charge in [-0.05, 0) is 25.3 Å². The molecule has 0 aliphatic heterocycles. The van der Waals surface area contributed by atoms with Gasteiger partial charge in [-0.1, -0.05) is 36.4 Å².